The molecule has 6 nitrogen and oxygen atoms in total. The molecule has 0 saturated heterocycles. The van der Waals surface area contributed by atoms with E-state index in [4.69, 9.17) is 4.74 Å². The molecule has 0 bridgehead atoms. The first-order valence-corrected chi connectivity index (χ1v) is 35.6. The van der Waals surface area contributed by atoms with Crippen LogP contribution in [0, 0.1) is 0 Å². The molecule has 6 heteroatoms. The van der Waals surface area contributed by atoms with Gasteiger partial charge in [0, 0.05) is 12.8 Å². The van der Waals surface area contributed by atoms with Crippen molar-refractivity contribution in [3.63, 3.8) is 0 Å². The van der Waals surface area contributed by atoms with E-state index < -0.39 is 12.1 Å². The van der Waals surface area contributed by atoms with Crippen molar-refractivity contribution in [1.29, 1.82) is 0 Å². The van der Waals surface area contributed by atoms with Crippen LogP contribution in [0.2, 0.25) is 0 Å². The largest absolute Gasteiger partial charge is 0.466 e. The molecular formula is C72H139NO5. The number of hydrogen-bond acceptors (Lipinski definition) is 5. The number of aliphatic hydroxyl groups excluding tert-OH is 2. The molecular weight excluding hydrogens is 959 g/mol. The van der Waals surface area contributed by atoms with Crippen LogP contribution < -0.4 is 5.32 Å². The lowest BCUT2D eigenvalue weighted by Gasteiger charge is -2.20. The molecule has 0 radical (unpaired) electrons. The van der Waals surface area contributed by atoms with Crippen LogP contribution in [0.1, 0.15) is 399 Å². The molecule has 0 aliphatic carbocycles. The highest BCUT2D eigenvalue weighted by Gasteiger charge is 2.18. The van der Waals surface area contributed by atoms with E-state index in [1.54, 1.807) is 6.08 Å². The third-order valence-electron chi connectivity index (χ3n) is 16.7. The van der Waals surface area contributed by atoms with Gasteiger partial charge in [-0.05, 0) is 57.8 Å². The second-order valence-electron chi connectivity index (χ2n) is 24.6. The van der Waals surface area contributed by atoms with E-state index in [1.807, 2.05) is 6.08 Å². The van der Waals surface area contributed by atoms with Gasteiger partial charge in [-0.2, -0.15) is 0 Å². The molecule has 1 amide bonds. The molecule has 0 heterocycles. The predicted molar refractivity (Wildman–Crippen MR) is 343 cm³/mol. The van der Waals surface area contributed by atoms with Gasteiger partial charge in [-0.25, -0.2) is 0 Å². The number of carbonyl (C=O) groups excluding carboxylic acids is 2. The molecule has 0 aliphatic heterocycles. The smallest absolute Gasteiger partial charge is 0.305 e. The maximum Gasteiger partial charge on any atom is 0.305 e. The van der Waals surface area contributed by atoms with Crippen molar-refractivity contribution in [3.8, 4) is 0 Å². The van der Waals surface area contributed by atoms with Gasteiger partial charge in [-0.3, -0.25) is 9.59 Å². The Kier molecular flexibility index (Phi) is 66.4. The summed E-state index contributed by atoms with van der Waals surface area (Å²) in [6.07, 6.45) is 85.5. The molecule has 0 saturated carbocycles. The minimum atomic E-state index is -0.842. The summed E-state index contributed by atoms with van der Waals surface area (Å²) in [5.74, 6) is -0.0497. The van der Waals surface area contributed by atoms with Gasteiger partial charge >= 0.3 is 5.97 Å². The molecule has 0 aromatic rings. The molecule has 0 fully saturated rings. The summed E-state index contributed by atoms with van der Waals surface area (Å²) in [7, 11) is 0. The number of esters is 1. The van der Waals surface area contributed by atoms with E-state index in [-0.39, 0.29) is 18.5 Å². The Labute approximate surface area is 488 Å². The highest BCUT2D eigenvalue weighted by molar-refractivity contribution is 5.76. The molecule has 2 unspecified atom stereocenters. The Balaban J connectivity index is 3.36. The fourth-order valence-corrected chi connectivity index (χ4v) is 11.3. The van der Waals surface area contributed by atoms with Crippen molar-refractivity contribution in [2.45, 2.75) is 411 Å². The van der Waals surface area contributed by atoms with Crippen LogP contribution in [0.4, 0.5) is 0 Å². The number of carbonyl (C=O) groups is 2. The van der Waals surface area contributed by atoms with Crippen molar-refractivity contribution in [2.24, 2.45) is 0 Å². The zero-order valence-corrected chi connectivity index (χ0v) is 52.9. The molecule has 78 heavy (non-hydrogen) atoms. The molecule has 0 spiro atoms. The Hall–Kier alpha value is -1.66. The summed E-state index contributed by atoms with van der Waals surface area (Å²) < 4.78 is 5.49. The zero-order chi connectivity index (χ0) is 56.4. The Morgan fingerprint density at radius 3 is 0.910 bits per heavy atom. The number of amides is 1. The topological polar surface area (TPSA) is 95.9 Å². The number of aliphatic hydroxyl groups is 2. The lowest BCUT2D eigenvalue weighted by Crippen LogP contribution is -2.45. The monoisotopic (exact) mass is 1100 g/mol. The van der Waals surface area contributed by atoms with Gasteiger partial charge in [0.05, 0.1) is 25.4 Å². The van der Waals surface area contributed by atoms with Gasteiger partial charge in [-0.15, -0.1) is 0 Å². The summed E-state index contributed by atoms with van der Waals surface area (Å²) in [5.41, 5.74) is 0. The summed E-state index contributed by atoms with van der Waals surface area (Å²) in [6.45, 7) is 4.93. The first-order chi connectivity index (χ1) is 38.5. The molecule has 0 aliphatic rings. The van der Waals surface area contributed by atoms with E-state index >= 15 is 0 Å². The third-order valence-corrected chi connectivity index (χ3v) is 16.7. The van der Waals surface area contributed by atoms with E-state index in [9.17, 15) is 19.8 Å². The van der Waals surface area contributed by atoms with Gasteiger partial charge in [0.15, 0.2) is 0 Å². The van der Waals surface area contributed by atoms with Gasteiger partial charge in [0.25, 0.3) is 0 Å². The number of allylic oxidation sites excluding steroid dienone is 3. The second kappa shape index (κ2) is 67.8. The first-order valence-electron chi connectivity index (χ1n) is 35.6. The van der Waals surface area contributed by atoms with Crippen molar-refractivity contribution in [1.82, 2.24) is 5.32 Å². The fraction of sp³-hybridized carbons (Fsp3) is 0.917. The molecule has 0 rings (SSSR count). The number of unbranched alkanes of at least 4 members (excludes halogenated alkanes) is 54. The minimum absolute atomic E-state index is 0.0112. The number of nitrogens with one attached hydrogen (secondary N) is 1. The van der Waals surface area contributed by atoms with Gasteiger partial charge < -0.3 is 20.3 Å². The average molecular weight is 1100 g/mol. The molecule has 2 atom stereocenters. The summed E-state index contributed by atoms with van der Waals surface area (Å²) in [4.78, 5) is 24.6. The third kappa shape index (κ3) is 63.5. The highest BCUT2D eigenvalue weighted by atomic mass is 16.5. The van der Waals surface area contributed by atoms with Crippen LogP contribution in [-0.4, -0.2) is 47.4 Å². The van der Waals surface area contributed by atoms with Crippen LogP contribution in [0.25, 0.3) is 0 Å². The van der Waals surface area contributed by atoms with Crippen LogP contribution >= 0.6 is 0 Å². The van der Waals surface area contributed by atoms with Crippen LogP contribution in [-0.2, 0) is 14.3 Å². The van der Waals surface area contributed by atoms with E-state index in [0.29, 0.717) is 19.4 Å². The van der Waals surface area contributed by atoms with E-state index in [0.717, 1.165) is 44.9 Å². The summed E-state index contributed by atoms with van der Waals surface area (Å²) >= 11 is 0. The van der Waals surface area contributed by atoms with Crippen molar-refractivity contribution >= 4 is 11.9 Å². The maximum atomic E-state index is 12.5. The van der Waals surface area contributed by atoms with Gasteiger partial charge in [0.2, 0.25) is 5.91 Å². The van der Waals surface area contributed by atoms with Crippen molar-refractivity contribution in [2.75, 3.05) is 13.2 Å². The SMILES string of the molecule is CCCCCCC/C=C\CCCCCCCC(=O)OCCCCCCCCCCCCCCCCCCCCCCCCCCCCCCCC(=O)NC(CO)C(O)/C=C/CCCCCCCCCCCCCCCCCC. The highest BCUT2D eigenvalue weighted by Crippen LogP contribution is 2.19. The number of ether oxygens (including phenoxy) is 1. The van der Waals surface area contributed by atoms with Gasteiger partial charge in [-0.1, -0.05) is 353 Å². The lowest BCUT2D eigenvalue weighted by molar-refractivity contribution is -0.143. The molecule has 0 aromatic carbocycles. The summed E-state index contributed by atoms with van der Waals surface area (Å²) in [6, 6.07) is -0.625. The zero-order valence-electron chi connectivity index (χ0n) is 52.9. The minimum Gasteiger partial charge on any atom is -0.466 e. The first kappa shape index (κ1) is 76.3. The van der Waals surface area contributed by atoms with Crippen molar-refractivity contribution < 1.29 is 24.5 Å². The maximum absolute atomic E-state index is 12.5. The Morgan fingerprint density at radius 2 is 0.603 bits per heavy atom. The lowest BCUT2D eigenvalue weighted by atomic mass is 10.0. The normalized spacial score (nSPS) is 12.6. The molecule has 0 aromatic heterocycles. The standard InChI is InChI=1S/C72H139NO5/c1-3-5-7-9-11-13-15-17-19-20-34-37-40-44-48-52-56-60-64-70(75)69(68-74)73-71(76)65-61-57-53-49-45-41-38-35-32-30-28-26-24-22-21-23-25-27-29-31-33-36-39-43-47-51-55-59-63-67-78-72(77)66-62-58-54-50-46-42-18-16-14-12-10-8-6-4-2/h16,18,60,64,69-70,74-75H,3-15,17,19-59,61-63,65-68H2,1-2H3,(H,73,76)/b18-16-,64-60+. The van der Waals surface area contributed by atoms with Gasteiger partial charge in [0.1, 0.15) is 0 Å². The fourth-order valence-electron chi connectivity index (χ4n) is 11.3. The van der Waals surface area contributed by atoms with Crippen LogP contribution in [0.15, 0.2) is 24.3 Å². The Morgan fingerprint density at radius 1 is 0.346 bits per heavy atom. The number of hydrogen-bond donors (Lipinski definition) is 3. The average Bonchev–Trinajstić information content (AvgIpc) is 3.44. The number of rotatable bonds is 67. The van der Waals surface area contributed by atoms with Crippen LogP contribution in [0.5, 0.6) is 0 Å². The van der Waals surface area contributed by atoms with E-state index in [1.165, 1.54) is 327 Å². The van der Waals surface area contributed by atoms with E-state index in [2.05, 4.69) is 31.3 Å². The van der Waals surface area contributed by atoms with Crippen molar-refractivity contribution in [3.05, 3.63) is 24.3 Å². The summed E-state index contributed by atoms with van der Waals surface area (Å²) in [5, 5.41) is 23.2. The predicted octanol–water partition coefficient (Wildman–Crippen LogP) is 22.9. The molecule has 462 valence electrons. The van der Waals surface area contributed by atoms with Crippen LogP contribution in [0.3, 0.4) is 0 Å². The second-order valence-corrected chi connectivity index (χ2v) is 24.6. The molecule has 3 N–H and O–H groups in total. The Bertz CT molecular complexity index is 1220. The quantitative estimate of drug-likeness (QED) is 0.0320.